The predicted molar refractivity (Wildman–Crippen MR) is 24.8 cm³/mol. The fraction of sp³-hybridized carbons (Fsp3) is 0.750. The fourth-order valence-corrected chi connectivity index (χ4v) is 0.166. The van der Waals surface area contributed by atoms with Crippen LogP contribution in [0.2, 0.25) is 0 Å². The van der Waals surface area contributed by atoms with Crippen LogP contribution in [0.3, 0.4) is 0 Å². The third-order valence-corrected chi connectivity index (χ3v) is 0.390. The third kappa shape index (κ3) is 10.8. The SMILES string of the molecule is CCCOC=O.F. The van der Waals surface area contributed by atoms with Gasteiger partial charge in [0.1, 0.15) is 0 Å². The largest absolute Gasteiger partial charge is 0.468 e. The zero-order chi connectivity index (χ0) is 4.83. The summed E-state index contributed by atoms with van der Waals surface area (Å²) in [6, 6.07) is 0. The summed E-state index contributed by atoms with van der Waals surface area (Å²) in [5.74, 6) is 0. The maximum Gasteiger partial charge on any atom is 0.293 e. The zero-order valence-electron chi connectivity index (χ0n) is 4.22. The summed E-state index contributed by atoms with van der Waals surface area (Å²) in [6.45, 7) is 2.95. The van der Waals surface area contributed by atoms with E-state index >= 15 is 0 Å². The molecule has 0 saturated carbocycles. The molecule has 0 radical (unpaired) electrons. The van der Waals surface area contributed by atoms with E-state index in [1.54, 1.807) is 0 Å². The van der Waals surface area contributed by atoms with Gasteiger partial charge in [0.25, 0.3) is 6.47 Å². The van der Waals surface area contributed by atoms with Crippen molar-refractivity contribution in [3.05, 3.63) is 0 Å². The van der Waals surface area contributed by atoms with Crippen molar-refractivity contribution in [3.63, 3.8) is 0 Å². The normalized spacial score (nSPS) is 6.43. The maximum absolute atomic E-state index is 9.34. The van der Waals surface area contributed by atoms with Crippen LogP contribution in [0.4, 0.5) is 4.70 Å². The smallest absolute Gasteiger partial charge is 0.293 e. The molecule has 0 aliphatic rings. The van der Waals surface area contributed by atoms with Crippen molar-refractivity contribution in [2.24, 2.45) is 0 Å². The summed E-state index contributed by atoms with van der Waals surface area (Å²) in [7, 11) is 0. The summed E-state index contributed by atoms with van der Waals surface area (Å²) in [5, 5.41) is 0. The van der Waals surface area contributed by atoms with E-state index < -0.39 is 0 Å². The average Bonchev–Trinajstić information content (AvgIpc) is 1.61. The Morgan fingerprint density at radius 2 is 2.29 bits per heavy atom. The van der Waals surface area contributed by atoms with Gasteiger partial charge < -0.3 is 4.74 Å². The summed E-state index contributed by atoms with van der Waals surface area (Å²) < 4.78 is 4.30. The maximum atomic E-state index is 9.34. The molecular formula is C4H9FO2. The molecule has 0 aliphatic carbocycles. The number of carbonyl (C=O) groups excluding carboxylic acids is 1. The second kappa shape index (κ2) is 9.04. The summed E-state index contributed by atoms with van der Waals surface area (Å²) in [5.41, 5.74) is 0. The Hall–Kier alpha value is -0.600. The molecule has 0 saturated heterocycles. The first-order chi connectivity index (χ1) is 2.91. The van der Waals surface area contributed by atoms with Crippen molar-refractivity contribution < 1.29 is 14.2 Å². The zero-order valence-corrected chi connectivity index (χ0v) is 4.22. The van der Waals surface area contributed by atoms with Gasteiger partial charge in [-0.3, -0.25) is 9.50 Å². The van der Waals surface area contributed by atoms with Gasteiger partial charge in [0.05, 0.1) is 6.61 Å². The van der Waals surface area contributed by atoms with Crippen LogP contribution in [-0.2, 0) is 9.53 Å². The Labute approximate surface area is 41.8 Å². The minimum absolute atomic E-state index is 0. The number of hydrogen-bond acceptors (Lipinski definition) is 2. The Morgan fingerprint density at radius 1 is 1.71 bits per heavy atom. The highest BCUT2D eigenvalue weighted by atomic mass is 19.0. The Morgan fingerprint density at radius 3 is 2.43 bits per heavy atom. The quantitative estimate of drug-likeness (QED) is 0.393. The van der Waals surface area contributed by atoms with Crippen LogP contribution >= 0.6 is 0 Å². The Bertz CT molecular complexity index is 38.7. The molecule has 0 heterocycles. The van der Waals surface area contributed by atoms with Gasteiger partial charge in [-0.1, -0.05) is 6.92 Å². The first-order valence-corrected chi connectivity index (χ1v) is 1.97. The van der Waals surface area contributed by atoms with Gasteiger partial charge in [0.2, 0.25) is 0 Å². The van der Waals surface area contributed by atoms with E-state index in [4.69, 9.17) is 0 Å². The minimum Gasteiger partial charge on any atom is -0.468 e. The summed E-state index contributed by atoms with van der Waals surface area (Å²) >= 11 is 0. The number of ether oxygens (including phenoxy) is 1. The molecule has 0 aromatic carbocycles. The lowest BCUT2D eigenvalue weighted by molar-refractivity contribution is -0.128. The molecule has 0 fully saturated rings. The number of rotatable bonds is 3. The molecule has 0 unspecified atom stereocenters. The van der Waals surface area contributed by atoms with Crippen LogP contribution < -0.4 is 0 Å². The lowest BCUT2D eigenvalue weighted by Gasteiger charge is -1.86. The summed E-state index contributed by atoms with van der Waals surface area (Å²) in [4.78, 5) is 9.34. The molecule has 0 bridgehead atoms. The second-order valence-corrected chi connectivity index (χ2v) is 0.967. The first-order valence-electron chi connectivity index (χ1n) is 1.97. The van der Waals surface area contributed by atoms with Crippen molar-refractivity contribution in [1.29, 1.82) is 0 Å². The van der Waals surface area contributed by atoms with Crippen LogP contribution in [0.5, 0.6) is 0 Å². The van der Waals surface area contributed by atoms with Gasteiger partial charge >= 0.3 is 0 Å². The van der Waals surface area contributed by atoms with E-state index in [0.717, 1.165) is 6.42 Å². The van der Waals surface area contributed by atoms with Gasteiger partial charge in [0, 0.05) is 0 Å². The molecule has 0 spiro atoms. The molecule has 0 aromatic rings. The average molecular weight is 108 g/mol. The standard InChI is InChI=1S/C4H8O2.FH/c1-2-3-6-4-5;/h4H,2-3H2,1H3;1H. The van der Waals surface area contributed by atoms with Gasteiger partial charge in [-0.15, -0.1) is 0 Å². The molecule has 3 heteroatoms. The highest BCUT2D eigenvalue weighted by Gasteiger charge is 1.71. The molecule has 0 N–H and O–H groups in total. The van der Waals surface area contributed by atoms with Gasteiger partial charge in [-0.2, -0.15) is 0 Å². The lowest BCUT2D eigenvalue weighted by atomic mass is 10.5. The molecular weight excluding hydrogens is 99.0 g/mol. The van der Waals surface area contributed by atoms with Crippen LogP contribution in [0, 0.1) is 0 Å². The second-order valence-electron chi connectivity index (χ2n) is 0.967. The molecule has 44 valence electrons. The van der Waals surface area contributed by atoms with Gasteiger partial charge in [-0.25, -0.2) is 0 Å². The van der Waals surface area contributed by atoms with Crippen LogP contribution in [0.15, 0.2) is 0 Å². The minimum atomic E-state index is 0. The summed E-state index contributed by atoms with van der Waals surface area (Å²) in [6.07, 6.45) is 0.902. The van der Waals surface area contributed by atoms with Crippen LogP contribution in [0.25, 0.3) is 0 Å². The molecule has 0 aromatic heterocycles. The monoisotopic (exact) mass is 108 g/mol. The van der Waals surface area contributed by atoms with E-state index in [1.807, 2.05) is 6.92 Å². The molecule has 0 aliphatic heterocycles. The van der Waals surface area contributed by atoms with Crippen molar-refractivity contribution in [3.8, 4) is 0 Å². The first kappa shape index (κ1) is 9.64. The van der Waals surface area contributed by atoms with Crippen molar-refractivity contribution >= 4 is 6.47 Å². The van der Waals surface area contributed by atoms with Crippen molar-refractivity contribution in [2.45, 2.75) is 13.3 Å². The van der Waals surface area contributed by atoms with Crippen LogP contribution in [-0.4, -0.2) is 13.1 Å². The third-order valence-electron chi connectivity index (χ3n) is 0.390. The number of carbonyl (C=O) groups is 1. The predicted octanol–water partition coefficient (Wildman–Crippen LogP) is 0.722. The highest BCUT2D eigenvalue weighted by molar-refractivity contribution is 5.36. The molecule has 0 atom stereocenters. The van der Waals surface area contributed by atoms with Crippen LogP contribution in [0.1, 0.15) is 13.3 Å². The number of hydrogen-bond donors (Lipinski definition) is 0. The van der Waals surface area contributed by atoms with Crippen molar-refractivity contribution in [1.82, 2.24) is 0 Å². The fourth-order valence-electron chi connectivity index (χ4n) is 0.166. The van der Waals surface area contributed by atoms with Crippen molar-refractivity contribution in [2.75, 3.05) is 6.61 Å². The molecule has 0 amide bonds. The van der Waals surface area contributed by atoms with E-state index in [-0.39, 0.29) is 4.70 Å². The van der Waals surface area contributed by atoms with Gasteiger partial charge in [0.15, 0.2) is 0 Å². The highest BCUT2D eigenvalue weighted by Crippen LogP contribution is 1.71. The molecule has 0 rings (SSSR count). The Balaban J connectivity index is 0. The van der Waals surface area contributed by atoms with Gasteiger partial charge in [-0.05, 0) is 6.42 Å². The Kier molecular flexibility index (Phi) is 12.5. The molecule has 7 heavy (non-hydrogen) atoms. The topological polar surface area (TPSA) is 26.3 Å². The van der Waals surface area contributed by atoms with E-state index in [1.165, 1.54) is 0 Å². The van der Waals surface area contributed by atoms with E-state index in [0.29, 0.717) is 13.1 Å². The molecule has 2 nitrogen and oxygen atoms in total. The van der Waals surface area contributed by atoms with E-state index in [9.17, 15) is 4.79 Å². The van der Waals surface area contributed by atoms with E-state index in [2.05, 4.69) is 4.74 Å². The number of halogens is 1. The lowest BCUT2D eigenvalue weighted by Crippen LogP contribution is -1.86.